The van der Waals surface area contributed by atoms with Gasteiger partial charge >= 0.3 is 5.69 Å². The van der Waals surface area contributed by atoms with Crippen molar-refractivity contribution in [3.05, 3.63) is 21.1 Å². The zero-order valence-electron chi connectivity index (χ0n) is 11.9. The smallest absolute Gasteiger partial charge is 0.304 e. The molecule has 8 heteroatoms. The van der Waals surface area contributed by atoms with Gasteiger partial charge < -0.3 is 15.3 Å². The number of nitrogens with zero attached hydrogens (tertiary/aromatic N) is 2. The SMILES string of the molecule is CC(C)NC(=O)CN(C)c1sc([C@H](C)O)cc1[N+](=O)[O-]. The number of carbonyl (C=O) groups excluding carboxylic acids is 1. The minimum absolute atomic E-state index is 0.0160. The Morgan fingerprint density at radius 1 is 1.55 bits per heavy atom. The topological polar surface area (TPSA) is 95.7 Å². The highest BCUT2D eigenvalue weighted by atomic mass is 32.1. The van der Waals surface area contributed by atoms with Gasteiger partial charge in [-0.15, -0.1) is 11.3 Å². The van der Waals surface area contributed by atoms with Gasteiger partial charge in [0, 0.05) is 24.0 Å². The number of aliphatic hydroxyl groups excluding tert-OH is 1. The molecule has 112 valence electrons. The molecule has 0 aromatic carbocycles. The fraction of sp³-hybridized carbons (Fsp3) is 0.583. The summed E-state index contributed by atoms with van der Waals surface area (Å²) >= 11 is 1.12. The molecule has 0 radical (unpaired) electrons. The van der Waals surface area contributed by atoms with E-state index in [-0.39, 0.29) is 24.2 Å². The summed E-state index contributed by atoms with van der Waals surface area (Å²) in [5.41, 5.74) is -0.0919. The van der Waals surface area contributed by atoms with Crippen LogP contribution in [0.5, 0.6) is 0 Å². The van der Waals surface area contributed by atoms with Crippen LogP contribution in [0, 0.1) is 10.1 Å². The van der Waals surface area contributed by atoms with Gasteiger partial charge in [0.2, 0.25) is 5.91 Å². The molecule has 1 heterocycles. The van der Waals surface area contributed by atoms with E-state index in [1.807, 2.05) is 13.8 Å². The Bertz CT molecular complexity index is 499. The first kappa shape index (κ1) is 16.4. The lowest BCUT2D eigenvalue weighted by Gasteiger charge is -2.17. The van der Waals surface area contributed by atoms with Gasteiger partial charge in [0.25, 0.3) is 0 Å². The minimum atomic E-state index is -0.773. The van der Waals surface area contributed by atoms with Crippen molar-refractivity contribution >= 4 is 27.9 Å². The van der Waals surface area contributed by atoms with Crippen molar-refractivity contribution in [3.63, 3.8) is 0 Å². The number of thiophene rings is 1. The largest absolute Gasteiger partial charge is 0.388 e. The zero-order valence-corrected chi connectivity index (χ0v) is 12.7. The molecule has 1 rings (SSSR count). The van der Waals surface area contributed by atoms with Gasteiger partial charge in [-0.05, 0) is 20.8 Å². The van der Waals surface area contributed by atoms with Crippen LogP contribution in [-0.4, -0.2) is 35.6 Å². The molecular weight excluding hydrogens is 282 g/mol. The first-order valence-electron chi connectivity index (χ1n) is 6.19. The summed E-state index contributed by atoms with van der Waals surface area (Å²) in [4.78, 5) is 24.2. The van der Waals surface area contributed by atoms with E-state index in [0.717, 1.165) is 11.3 Å². The standard InChI is InChI=1S/C12H19N3O4S/c1-7(2)13-11(17)6-14(4)12-9(15(18)19)5-10(20-12)8(3)16/h5,7-8,16H,6H2,1-4H3,(H,13,17)/t8-/m0/s1. The zero-order chi connectivity index (χ0) is 15.4. The molecule has 20 heavy (non-hydrogen) atoms. The molecule has 7 nitrogen and oxygen atoms in total. The lowest BCUT2D eigenvalue weighted by molar-refractivity contribution is -0.383. The van der Waals surface area contributed by atoms with E-state index in [1.165, 1.54) is 11.0 Å². The van der Waals surface area contributed by atoms with Gasteiger partial charge in [0.1, 0.15) is 0 Å². The second-order valence-electron chi connectivity index (χ2n) is 4.85. The van der Waals surface area contributed by atoms with Crippen LogP contribution in [0.1, 0.15) is 31.8 Å². The molecule has 0 aliphatic rings. The summed E-state index contributed by atoms with van der Waals surface area (Å²) in [5, 5.41) is 23.6. The second kappa shape index (κ2) is 6.67. The predicted octanol–water partition coefficient (Wildman–Crippen LogP) is 1.67. The van der Waals surface area contributed by atoms with E-state index >= 15 is 0 Å². The first-order chi connectivity index (χ1) is 9.22. The van der Waals surface area contributed by atoms with E-state index in [4.69, 9.17) is 0 Å². The molecule has 2 N–H and O–H groups in total. The Morgan fingerprint density at radius 3 is 2.60 bits per heavy atom. The van der Waals surface area contributed by atoms with Crippen LogP contribution in [0.4, 0.5) is 10.7 Å². The number of carbonyl (C=O) groups is 1. The van der Waals surface area contributed by atoms with E-state index in [1.54, 1.807) is 14.0 Å². The summed E-state index contributed by atoms with van der Waals surface area (Å²) in [7, 11) is 1.62. The molecular formula is C12H19N3O4S. The fourth-order valence-corrected chi connectivity index (χ4v) is 2.68. The molecule has 0 saturated carbocycles. The second-order valence-corrected chi connectivity index (χ2v) is 5.91. The Kier molecular flexibility index (Phi) is 5.46. The van der Waals surface area contributed by atoms with Crippen molar-refractivity contribution in [2.45, 2.75) is 32.9 Å². The summed E-state index contributed by atoms with van der Waals surface area (Å²) in [6.45, 7) is 5.26. The van der Waals surface area contributed by atoms with Crippen molar-refractivity contribution in [2.75, 3.05) is 18.5 Å². The maximum absolute atomic E-state index is 11.7. The van der Waals surface area contributed by atoms with E-state index in [9.17, 15) is 20.0 Å². The highest BCUT2D eigenvalue weighted by Gasteiger charge is 2.24. The molecule has 0 fully saturated rings. The Hall–Kier alpha value is -1.67. The van der Waals surface area contributed by atoms with Crippen molar-refractivity contribution in [3.8, 4) is 0 Å². The lowest BCUT2D eigenvalue weighted by atomic mass is 10.3. The molecule has 0 aliphatic carbocycles. The highest BCUT2D eigenvalue weighted by molar-refractivity contribution is 7.16. The molecule has 0 saturated heterocycles. The van der Waals surface area contributed by atoms with Gasteiger partial charge in [-0.3, -0.25) is 14.9 Å². The predicted molar refractivity (Wildman–Crippen MR) is 78.2 cm³/mol. The number of rotatable bonds is 6. The fourth-order valence-electron chi connectivity index (χ4n) is 1.65. The quantitative estimate of drug-likeness (QED) is 0.615. The number of hydrogen-bond acceptors (Lipinski definition) is 6. The first-order valence-corrected chi connectivity index (χ1v) is 7.00. The molecule has 1 aromatic rings. The number of nitrogens with one attached hydrogen (secondary N) is 1. The van der Waals surface area contributed by atoms with E-state index < -0.39 is 11.0 Å². The molecule has 1 aromatic heterocycles. The van der Waals surface area contributed by atoms with Crippen LogP contribution >= 0.6 is 11.3 Å². The van der Waals surface area contributed by atoms with Crippen LogP contribution in [0.3, 0.4) is 0 Å². The molecule has 0 aliphatic heterocycles. The molecule has 0 unspecified atom stereocenters. The van der Waals surface area contributed by atoms with Gasteiger partial charge in [-0.25, -0.2) is 0 Å². The summed E-state index contributed by atoms with van der Waals surface area (Å²) in [5.74, 6) is -0.205. The minimum Gasteiger partial charge on any atom is -0.388 e. The molecule has 0 spiro atoms. The Balaban J connectivity index is 2.93. The Morgan fingerprint density at radius 2 is 2.15 bits per heavy atom. The average Bonchev–Trinajstić information content (AvgIpc) is 2.72. The maximum atomic E-state index is 11.7. The summed E-state index contributed by atoms with van der Waals surface area (Å²) in [6.07, 6.45) is -0.773. The number of amides is 1. The number of aliphatic hydroxyl groups is 1. The number of likely N-dealkylation sites (N-methyl/N-ethyl adjacent to an activating group) is 1. The van der Waals surface area contributed by atoms with Crippen molar-refractivity contribution in [1.82, 2.24) is 5.32 Å². The third-order valence-electron chi connectivity index (χ3n) is 2.50. The van der Waals surface area contributed by atoms with Crippen LogP contribution in [0.25, 0.3) is 0 Å². The van der Waals surface area contributed by atoms with Gasteiger partial charge in [0.15, 0.2) is 5.00 Å². The van der Waals surface area contributed by atoms with Gasteiger partial charge in [-0.2, -0.15) is 0 Å². The van der Waals surface area contributed by atoms with Crippen molar-refractivity contribution in [1.29, 1.82) is 0 Å². The highest BCUT2D eigenvalue weighted by Crippen LogP contribution is 2.39. The third kappa shape index (κ3) is 4.17. The number of anilines is 1. The van der Waals surface area contributed by atoms with Crippen LogP contribution < -0.4 is 10.2 Å². The summed E-state index contributed by atoms with van der Waals surface area (Å²) < 4.78 is 0. The van der Waals surface area contributed by atoms with Gasteiger partial charge in [0.05, 0.1) is 17.6 Å². The van der Waals surface area contributed by atoms with Crippen molar-refractivity contribution < 1.29 is 14.8 Å². The van der Waals surface area contributed by atoms with Crippen LogP contribution in [0.15, 0.2) is 6.07 Å². The summed E-state index contributed by atoms with van der Waals surface area (Å²) in [6, 6.07) is 1.36. The lowest BCUT2D eigenvalue weighted by Crippen LogP contribution is -2.38. The van der Waals surface area contributed by atoms with Crippen LogP contribution in [0.2, 0.25) is 0 Å². The van der Waals surface area contributed by atoms with Gasteiger partial charge in [-0.1, -0.05) is 0 Å². The van der Waals surface area contributed by atoms with E-state index in [2.05, 4.69) is 5.32 Å². The number of hydrogen-bond donors (Lipinski definition) is 2. The normalized spacial score (nSPS) is 12.3. The third-order valence-corrected chi connectivity index (χ3v) is 3.91. The van der Waals surface area contributed by atoms with Crippen molar-refractivity contribution in [2.24, 2.45) is 0 Å². The average molecular weight is 301 g/mol. The van der Waals surface area contributed by atoms with E-state index in [0.29, 0.717) is 9.88 Å². The van der Waals surface area contributed by atoms with Crippen LogP contribution in [-0.2, 0) is 4.79 Å². The number of nitro groups is 1. The monoisotopic (exact) mass is 301 g/mol. The Labute approximate surface area is 121 Å². The molecule has 0 bridgehead atoms. The molecule has 1 amide bonds. The molecule has 1 atom stereocenters. The maximum Gasteiger partial charge on any atom is 0.304 e.